The van der Waals surface area contributed by atoms with Crippen LogP contribution in [0.4, 0.5) is 0 Å². The summed E-state index contributed by atoms with van der Waals surface area (Å²) in [6.07, 6.45) is 0. The van der Waals surface area contributed by atoms with Crippen molar-refractivity contribution in [3.63, 3.8) is 0 Å². The van der Waals surface area contributed by atoms with Gasteiger partial charge in [0.1, 0.15) is 0 Å². The van der Waals surface area contributed by atoms with Gasteiger partial charge in [-0.25, -0.2) is 9.97 Å². The van der Waals surface area contributed by atoms with Crippen LogP contribution in [0.3, 0.4) is 0 Å². The van der Waals surface area contributed by atoms with Crippen molar-refractivity contribution in [1.29, 1.82) is 0 Å². The van der Waals surface area contributed by atoms with E-state index in [9.17, 15) is 0 Å². The van der Waals surface area contributed by atoms with E-state index >= 15 is 0 Å². The number of nitrogens with zero attached hydrogens (tertiary/aromatic N) is 4. The maximum atomic E-state index is 5.50. The summed E-state index contributed by atoms with van der Waals surface area (Å²) in [5.41, 5.74) is 8.60. The molecule has 3 heterocycles. The number of rotatable bonds is 3. The average Bonchev–Trinajstić information content (AvgIpc) is 3.71. The van der Waals surface area contributed by atoms with Crippen molar-refractivity contribution in [3.8, 4) is 22.9 Å². The van der Waals surface area contributed by atoms with Crippen LogP contribution in [-0.4, -0.2) is 19.1 Å². The summed E-state index contributed by atoms with van der Waals surface area (Å²) in [7, 11) is 0. The molecule has 0 N–H and O–H groups in total. The molecule has 232 valence electrons. The summed E-state index contributed by atoms with van der Waals surface area (Å²) in [6.45, 7) is 0. The second-order valence-corrected chi connectivity index (χ2v) is 13.0. The Balaban J connectivity index is 1.24. The summed E-state index contributed by atoms with van der Waals surface area (Å²) in [5, 5.41) is 10.7. The molecule has 0 saturated carbocycles. The van der Waals surface area contributed by atoms with Gasteiger partial charge in [-0.05, 0) is 58.6 Å². The van der Waals surface area contributed by atoms with Crippen LogP contribution in [0, 0.1) is 0 Å². The van der Waals surface area contributed by atoms with Crippen LogP contribution < -0.4 is 0 Å². The van der Waals surface area contributed by atoms with Crippen molar-refractivity contribution in [2.45, 2.75) is 0 Å². The van der Waals surface area contributed by atoms with Crippen LogP contribution in [0.5, 0.6) is 0 Å². The molecular weight excluding hydrogens is 609 g/mol. The number of aromatic nitrogens is 4. The maximum Gasteiger partial charge on any atom is 0.235 e. The molecule has 4 heteroatoms. The van der Waals surface area contributed by atoms with Gasteiger partial charge in [-0.1, -0.05) is 127 Å². The Bertz CT molecular complexity index is 3150. The molecule has 0 atom stereocenters. The first-order valence-corrected chi connectivity index (χ1v) is 17.0. The minimum absolute atomic E-state index is 0.664. The minimum Gasteiger partial charge on any atom is -0.309 e. The summed E-state index contributed by atoms with van der Waals surface area (Å²) in [4.78, 5) is 10.8. The van der Waals surface area contributed by atoms with Gasteiger partial charge in [-0.3, -0.25) is 4.57 Å². The molecule has 11 aromatic rings. The van der Waals surface area contributed by atoms with Crippen molar-refractivity contribution in [3.05, 3.63) is 170 Å². The fourth-order valence-corrected chi connectivity index (χ4v) is 8.12. The standard InChI is InChI=1S/C46H28N4/c1-2-14-32(15-3-1)49-40-21-11-9-18-35(40)38-28-31(24-26-41(38)49)44-36-19-8-10-20-39(36)47-46(48-44)50-42-27-23-29-12-4-6-16-33(29)43(42)37-25-22-30-13-5-7-17-34(30)45(37)50/h1-28H. The van der Waals surface area contributed by atoms with Gasteiger partial charge < -0.3 is 4.57 Å². The molecule has 4 nitrogen and oxygen atoms in total. The molecule has 0 bridgehead atoms. The van der Waals surface area contributed by atoms with E-state index in [2.05, 4.69) is 179 Å². The Kier molecular flexibility index (Phi) is 5.63. The minimum atomic E-state index is 0.664. The van der Waals surface area contributed by atoms with Gasteiger partial charge in [0, 0.05) is 43.6 Å². The molecule has 50 heavy (non-hydrogen) atoms. The zero-order valence-electron chi connectivity index (χ0n) is 27.0. The average molecular weight is 637 g/mol. The van der Waals surface area contributed by atoms with Crippen molar-refractivity contribution < 1.29 is 0 Å². The van der Waals surface area contributed by atoms with E-state index in [-0.39, 0.29) is 0 Å². The molecule has 0 amide bonds. The highest BCUT2D eigenvalue weighted by Crippen LogP contribution is 2.41. The van der Waals surface area contributed by atoms with Gasteiger partial charge in [-0.15, -0.1) is 0 Å². The van der Waals surface area contributed by atoms with E-state index < -0.39 is 0 Å². The summed E-state index contributed by atoms with van der Waals surface area (Å²) in [5.74, 6) is 0.664. The third-order valence-corrected chi connectivity index (χ3v) is 10.3. The lowest BCUT2D eigenvalue weighted by Crippen LogP contribution is -2.03. The lowest BCUT2D eigenvalue weighted by molar-refractivity contribution is 1.02. The number of hydrogen-bond acceptors (Lipinski definition) is 2. The van der Waals surface area contributed by atoms with E-state index in [1.54, 1.807) is 0 Å². The van der Waals surface area contributed by atoms with E-state index in [1.807, 2.05) is 0 Å². The number of fused-ring (bicyclic) bond motifs is 11. The smallest absolute Gasteiger partial charge is 0.235 e. The molecule has 0 aliphatic rings. The van der Waals surface area contributed by atoms with Crippen molar-refractivity contribution >= 4 is 76.1 Å². The molecule has 8 aromatic carbocycles. The molecule has 0 aliphatic carbocycles. The van der Waals surface area contributed by atoms with E-state index in [0.717, 1.165) is 38.9 Å². The first kappa shape index (κ1) is 27.2. The second-order valence-electron chi connectivity index (χ2n) is 13.0. The molecule has 0 aliphatic heterocycles. The number of para-hydroxylation sites is 3. The zero-order valence-corrected chi connectivity index (χ0v) is 27.0. The quantitative estimate of drug-likeness (QED) is 0.193. The number of hydrogen-bond donors (Lipinski definition) is 0. The second kappa shape index (κ2) is 10.4. The van der Waals surface area contributed by atoms with E-state index in [0.29, 0.717) is 5.95 Å². The predicted octanol–water partition coefficient (Wildman–Crippen LogP) is 11.8. The SMILES string of the molecule is c1ccc(-n2c3ccccc3c3cc(-c4nc(-n5c6ccc7ccccc7c6c6ccc7ccccc7c65)nc5ccccc45)ccc32)cc1. The molecule has 0 radical (unpaired) electrons. The van der Waals surface area contributed by atoms with Crippen LogP contribution in [0.1, 0.15) is 0 Å². The van der Waals surface area contributed by atoms with E-state index in [4.69, 9.17) is 9.97 Å². The highest BCUT2D eigenvalue weighted by atomic mass is 15.2. The summed E-state index contributed by atoms with van der Waals surface area (Å²) >= 11 is 0. The maximum absolute atomic E-state index is 5.50. The monoisotopic (exact) mass is 636 g/mol. The first-order valence-electron chi connectivity index (χ1n) is 17.0. The lowest BCUT2D eigenvalue weighted by Gasteiger charge is -2.13. The molecule has 11 rings (SSSR count). The highest BCUT2D eigenvalue weighted by Gasteiger charge is 2.21. The van der Waals surface area contributed by atoms with Crippen LogP contribution in [0.2, 0.25) is 0 Å². The molecule has 0 saturated heterocycles. The Hall–Kier alpha value is -6.78. The van der Waals surface area contributed by atoms with Crippen LogP contribution in [0.25, 0.3) is 99.0 Å². The number of benzene rings is 8. The van der Waals surface area contributed by atoms with Gasteiger partial charge >= 0.3 is 0 Å². The molecule has 0 spiro atoms. The van der Waals surface area contributed by atoms with Crippen LogP contribution in [-0.2, 0) is 0 Å². The summed E-state index contributed by atoms with van der Waals surface area (Å²) < 4.78 is 4.64. The Morgan fingerprint density at radius 3 is 1.88 bits per heavy atom. The molecule has 0 unspecified atom stereocenters. The Morgan fingerprint density at radius 2 is 1.02 bits per heavy atom. The lowest BCUT2D eigenvalue weighted by atomic mass is 10.0. The first-order chi connectivity index (χ1) is 24.8. The largest absolute Gasteiger partial charge is 0.309 e. The molecular formula is C46H28N4. The van der Waals surface area contributed by atoms with Crippen LogP contribution >= 0.6 is 0 Å². The van der Waals surface area contributed by atoms with Gasteiger partial charge in [0.05, 0.1) is 33.3 Å². The third kappa shape index (κ3) is 3.81. The van der Waals surface area contributed by atoms with Crippen LogP contribution in [0.15, 0.2) is 170 Å². The fraction of sp³-hybridized carbons (Fsp3) is 0. The predicted molar refractivity (Wildman–Crippen MR) is 209 cm³/mol. The fourth-order valence-electron chi connectivity index (χ4n) is 8.12. The molecule has 0 fully saturated rings. The highest BCUT2D eigenvalue weighted by molar-refractivity contribution is 6.26. The van der Waals surface area contributed by atoms with Crippen molar-refractivity contribution in [2.24, 2.45) is 0 Å². The normalized spacial score (nSPS) is 12.0. The Morgan fingerprint density at radius 1 is 0.380 bits per heavy atom. The summed E-state index contributed by atoms with van der Waals surface area (Å²) in [6, 6.07) is 60.6. The van der Waals surface area contributed by atoms with Crippen molar-refractivity contribution in [1.82, 2.24) is 19.1 Å². The van der Waals surface area contributed by atoms with Gasteiger partial charge in [0.25, 0.3) is 0 Å². The topological polar surface area (TPSA) is 35.6 Å². The van der Waals surface area contributed by atoms with Gasteiger partial charge in [0.2, 0.25) is 5.95 Å². The molecule has 3 aromatic heterocycles. The van der Waals surface area contributed by atoms with Crippen molar-refractivity contribution in [2.75, 3.05) is 0 Å². The third-order valence-electron chi connectivity index (χ3n) is 10.3. The van der Waals surface area contributed by atoms with E-state index in [1.165, 1.54) is 54.1 Å². The van der Waals surface area contributed by atoms with Gasteiger partial charge in [0.15, 0.2) is 0 Å². The Labute approximate surface area is 287 Å². The van der Waals surface area contributed by atoms with Gasteiger partial charge in [-0.2, -0.15) is 0 Å². The zero-order chi connectivity index (χ0) is 32.8.